The third kappa shape index (κ3) is 5.67. The van der Waals surface area contributed by atoms with Gasteiger partial charge in [0.25, 0.3) is 0 Å². The molecule has 0 spiro atoms. The molecule has 0 fully saturated rings. The van der Waals surface area contributed by atoms with Crippen molar-refractivity contribution in [2.45, 2.75) is 19.5 Å². The highest BCUT2D eigenvalue weighted by atomic mass is 19.4. The Balaban J connectivity index is 2.02. The van der Waals surface area contributed by atoms with Gasteiger partial charge in [0.15, 0.2) is 0 Å². The Morgan fingerprint density at radius 1 is 1.12 bits per heavy atom. The zero-order chi connectivity index (χ0) is 18.3. The highest BCUT2D eigenvalue weighted by molar-refractivity contribution is 6.02. The fourth-order valence-corrected chi connectivity index (χ4v) is 2.08. The number of nitrogens with one attached hydrogen (secondary N) is 1. The highest BCUT2D eigenvalue weighted by Gasteiger charge is 2.33. The maximum absolute atomic E-state index is 12.9. The number of carbonyl (C=O) groups excluding carboxylic acids is 1. The number of anilines is 1. The minimum absolute atomic E-state index is 0.270. The Kier molecular flexibility index (Phi) is 6.22. The van der Waals surface area contributed by atoms with Gasteiger partial charge in [0, 0.05) is 6.08 Å². The summed E-state index contributed by atoms with van der Waals surface area (Å²) in [6.07, 6.45) is -0.909. The average molecular weight is 349 g/mol. The van der Waals surface area contributed by atoms with E-state index in [1.807, 2.05) is 6.92 Å². The molecule has 0 aliphatic heterocycles. The van der Waals surface area contributed by atoms with Crippen LogP contribution in [0.3, 0.4) is 0 Å². The summed E-state index contributed by atoms with van der Waals surface area (Å²) >= 11 is 0. The summed E-state index contributed by atoms with van der Waals surface area (Å²) in [7, 11) is 0. The minimum atomic E-state index is -4.53. The average Bonchev–Trinajstić information content (AvgIpc) is 2.58. The summed E-state index contributed by atoms with van der Waals surface area (Å²) in [5.74, 6) is 0.0885. The maximum Gasteiger partial charge on any atom is 0.418 e. The lowest BCUT2D eigenvalue weighted by atomic mass is 10.1. The standard InChI is InChI=1S/C19H18F3NO2/c1-2-13-25-15-10-7-14(8-11-15)9-12-18(24)23-17-6-4-3-5-16(17)19(20,21)22/h3-12H,2,13H2,1H3,(H,23,24)/b12-9+. The number of rotatable bonds is 6. The molecule has 0 aromatic heterocycles. The van der Waals surface area contributed by atoms with E-state index >= 15 is 0 Å². The maximum atomic E-state index is 12.9. The van der Waals surface area contributed by atoms with Gasteiger partial charge in [-0.05, 0) is 42.3 Å². The Labute approximate surface area is 144 Å². The molecule has 0 heterocycles. The van der Waals surface area contributed by atoms with Crippen molar-refractivity contribution in [1.29, 1.82) is 0 Å². The first-order valence-corrected chi connectivity index (χ1v) is 7.78. The van der Waals surface area contributed by atoms with Crippen LogP contribution in [0.5, 0.6) is 5.75 Å². The molecule has 2 aromatic carbocycles. The molecule has 1 amide bonds. The van der Waals surface area contributed by atoms with E-state index in [-0.39, 0.29) is 5.69 Å². The van der Waals surface area contributed by atoms with Crippen molar-refractivity contribution < 1.29 is 22.7 Å². The van der Waals surface area contributed by atoms with Crippen LogP contribution in [-0.2, 0) is 11.0 Å². The van der Waals surface area contributed by atoms with Crippen LogP contribution in [0.2, 0.25) is 0 Å². The summed E-state index contributed by atoms with van der Waals surface area (Å²) in [5, 5.41) is 2.26. The zero-order valence-corrected chi connectivity index (χ0v) is 13.6. The lowest BCUT2D eigenvalue weighted by molar-refractivity contribution is -0.136. The quantitative estimate of drug-likeness (QED) is 0.733. The van der Waals surface area contributed by atoms with E-state index in [0.717, 1.165) is 23.8 Å². The molecule has 0 saturated heterocycles. The number of amides is 1. The molecule has 0 aliphatic carbocycles. The van der Waals surface area contributed by atoms with Crippen molar-refractivity contribution in [3.05, 3.63) is 65.7 Å². The summed E-state index contributed by atoms with van der Waals surface area (Å²) in [4.78, 5) is 11.9. The van der Waals surface area contributed by atoms with Crippen LogP contribution in [0.15, 0.2) is 54.6 Å². The van der Waals surface area contributed by atoms with Gasteiger partial charge in [-0.2, -0.15) is 13.2 Å². The Bertz CT molecular complexity index is 737. The number of hydrogen-bond acceptors (Lipinski definition) is 2. The van der Waals surface area contributed by atoms with Crippen molar-refractivity contribution in [3.8, 4) is 5.75 Å². The van der Waals surface area contributed by atoms with Crippen LogP contribution in [0.4, 0.5) is 18.9 Å². The van der Waals surface area contributed by atoms with Crippen LogP contribution in [0.1, 0.15) is 24.5 Å². The Morgan fingerprint density at radius 3 is 2.44 bits per heavy atom. The van der Waals surface area contributed by atoms with Gasteiger partial charge in [-0.1, -0.05) is 31.2 Å². The monoisotopic (exact) mass is 349 g/mol. The van der Waals surface area contributed by atoms with Crippen LogP contribution in [0.25, 0.3) is 6.08 Å². The van der Waals surface area contributed by atoms with Gasteiger partial charge < -0.3 is 10.1 Å². The fraction of sp³-hybridized carbons (Fsp3) is 0.211. The second-order valence-corrected chi connectivity index (χ2v) is 5.28. The molecule has 2 aromatic rings. The van der Waals surface area contributed by atoms with Crippen molar-refractivity contribution >= 4 is 17.7 Å². The molecule has 0 atom stereocenters. The van der Waals surface area contributed by atoms with Crippen LogP contribution in [0, 0.1) is 0 Å². The van der Waals surface area contributed by atoms with E-state index < -0.39 is 17.6 Å². The SMILES string of the molecule is CCCOc1ccc(/C=C/C(=O)Nc2ccccc2C(F)(F)F)cc1. The molecule has 0 radical (unpaired) electrons. The van der Waals surface area contributed by atoms with Gasteiger partial charge in [-0.15, -0.1) is 0 Å². The largest absolute Gasteiger partial charge is 0.494 e. The lowest BCUT2D eigenvalue weighted by Crippen LogP contribution is -2.14. The molecule has 0 unspecified atom stereocenters. The van der Waals surface area contributed by atoms with E-state index in [2.05, 4.69) is 5.32 Å². The first kappa shape index (κ1) is 18.6. The molecule has 0 saturated carbocycles. The number of ether oxygens (including phenoxy) is 1. The molecule has 132 valence electrons. The van der Waals surface area contributed by atoms with E-state index in [1.165, 1.54) is 30.4 Å². The Hall–Kier alpha value is -2.76. The zero-order valence-electron chi connectivity index (χ0n) is 13.6. The molecule has 2 rings (SSSR count). The van der Waals surface area contributed by atoms with Gasteiger partial charge in [0.2, 0.25) is 5.91 Å². The topological polar surface area (TPSA) is 38.3 Å². The van der Waals surface area contributed by atoms with E-state index in [1.54, 1.807) is 24.3 Å². The van der Waals surface area contributed by atoms with E-state index in [4.69, 9.17) is 4.74 Å². The van der Waals surface area contributed by atoms with Gasteiger partial charge >= 0.3 is 6.18 Å². The van der Waals surface area contributed by atoms with Crippen LogP contribution in [-0.4, -0.2) is 12.5 Å². The molecular weight excluding hydrogens is 331 g/mol. The number of para-hydroxylation sites is 1. The second kappa shape index (κ2) is 8.37. The number of halogens is 3. The van der Waals surface area contributed by atoms with Gasteiger partial charge in [-0.3, -0.25) is 4.79 Å². The third-order valence-corrected chi connectivity index (χ3v) is 3.27. The van der Waals surface area contributed by atoms with Crippen LogP contribution < -0.4 is 10.1 Å². The first-order valence-electron chi connectivity index (χ1n) is 7.78. The molecule has 0 aliphatic rings. The first-order chi connectivity index (χ1) is 11.9. The number of alkyl halides is 3. The van der Waals surface area contributed by atoms with Gasteiger partial charge in [0.05, 0.1) is 17.9 Å². The minimum Gasteiger partial charge on any atom is -0.494 e. The molecular formula is C19H18F3NO2. The van der Waals surface area contributed by atoms with E-state index in [0.29, 0.717) is 6.61 Å². The fourth-order valence-electron chi connectivity index (χ4n) is 2.08. The normalized spacial score (nSPS) is 11.5. The van der Waals surface area contributed by atoms with Crippen LogP contribution >= 0.6 is 0 Å². The summed E-state index contributed by atoms with van der Waals surface area (Å²) in [6.45, 7) is 2.63. The predicted octanol–water partition coefficient (Wildman–Crippen LogP) is 5.15. The number of hydrogen-bond donors (Lipinski definition) is 1. The van der Waals surface area contributed by atoms with E-state index in [9.17, 15) is 18.0 Å². The summed E-state index contributed by atoms with van der Waals surface area (Å²) in [5.41, 5.74) is -0.412. The van der Waals surface area contributed by atoms with Crippen molar-refractivity contribution in [1.82, 2.24) is 0 Å². The molecule has 1 N–H and O–H groups in total. The summed E-state index contributed by atoms with van der Waals surface area (Å²) < 4.78 is 44.1. The second-order valence-electron chi connectivity index (χ2n) is 5.28. The molecule has 0 bridgehead atoms. The lowest BCUT2D eigenvalue weighted by Gasteiger charge is -2.12. The molecule has 3 nitrogen and oxygen atoms in total. The highest BCUT2D eigenvalue weighted by Crippen LogP contribution is 2.34. The third-order valence-electron chi connectivity index (χ3n) is 3.27. The van der Waals surface area contributed by atoms with Gasteiger partial charge in [-0.25, -0.2) is 0 Å². The van der Waals surface area contributed by atoms with Gasteiger partial charge in [0.1, 0.15) is 5.75 Å². The Morgan fingerprint density at radius 2 is 1.80 bits per heavy atom. The molecule has 25 heavy (non-hydrogen) atoms. The smallest absolute Gasteiger partial charge is 0.418 e. The number of carbonyl (C=O) groups is 1. The molecule has 6 heteroatoms. The number of benzene rings is 2. The predicted molar refractivity (Wildman–Crippen MR) is 91.3 cm³/mol. The van der Waals surface area contributed by atoms with Crippen molar-refractivity contribution in [2.24, 2.45) is 0 Å². The van der Waals surface area contributed by atoms with Crippen molar-refractivity contribution in [3.63, 3.8) is 0 Å². The summed E-state index contributed by atoms with van der Waals surface area (Å²) in [6, 6.07) is 11.9. The van der Waals surface area contributed by atoms with Crippen molar-refractivity contribution in [2.75, 3.05) is 11.9 Å².